The van der Waals surface area contributed by atoms with E-state index < -0.39 is 6.09 Å². The molecule has 0 spiro atoms. The van der Waals surface area contributed by atoms with Crippen LogP contribution in [0.3, 0.4) is 0 Å². The van der Waals surface area contributed by atoms with Crippen molar-refractivity contribution in [2.24, 2.45) is 0 Å². The first-order valence-electron chi connectivity index (χ1n) is 9.31. The van der Waals surface area contributed by atoms with E-state index in [1.807, 2.05) is 42.5 Å². The van der Waals surface area contributed by atoms with Crippen molar-refractivity contribution in [3.05, 3.63) is 82.9 Å². The lowest BCUT2D eigenvalue weighted by atomic mass is 9.99. The van der Waals surface area contributed by atoms with Crippen molar-refractivity contribution in [2.45, 2.75) is 19.4 Å². The average molecular weight is 411 g/mol. The van der Waals surface area contributed by atoms with Gasteiger partial charge in [0.2, 0.25) is 0 Å². The Balaban J connectivity index is 1.80. The fourth-order valence-corrected chi connectivity index (χ4v) is 3.04. The number of rotatable bonds is 7. The molecule has 3 aromatic rings. The van der Waals surface area contributed by atoms with Crippen LogP contribution in [0.2, 0.25) is 5.02 Å². The fraction of sp³-hybridized carbons (Fsp3) is 0.182. The van der Waals surface area contributed by atoms with Crippen molar-refractivity contribution < 1.29 is 9.53 Å². The predicted molar refractivity (Wildman–Crippen MR) is 117 cm³/mol. The van der Waals surface area contributed by atoms with Crippen LogP contribution in [-0.2, 0) is 11.2 Å². The lowest BCUT2D eigenvalue weighted by Crippen LogP contribution is -2.17. The number of aromatic nitrogens is 1. The number of anilines is 3. The summed E-state index contributed by atoms with van der Waals surface area (Å²) < 4.78 is 4.87. The van der Waals surface area contributed by atoms with Gasteiger partial charge >= 0.3 is 6.09 Å². The number of pyridine rings is 1. The Morgan fingerprint density at radius 2 is 1.83 bits per heavy atom. The molecule has 7 heteroatoms. The zero-order chi connectivity index (χ0) is 20.6. The second-order valence-electron chi connectivity index (χ2n) is 6.41. The van der Waals surface area contributed by atoms with Gasteiger partial charge in [0.05, 0.1) is 18.3 Å². The summed E-state index contributed by atoms with van der Waals surface area (Å²) in [7, 11) is 0. The minimum Gasteiger partial charge on any atom is -0.450 e. The maximum Gasteiger partial charge on any atom is 0.411 e. The van der Waals surface area contributed by atoms with Gasteiger partial charge < -0.3 is 15.8 Å². The normalized spacial score (nSPS) is 11.5. The molecule has 0 fully saturated rings. The summed E-state index contributed by atoms with van der Waals surface area (Å²) in [6.45, 7) is 2.01. The number of nitrogens with two attached hydrogens (primary N) is 1. The molecular formula is C22H23ClN4O2. The molecule has 1 unspecified atom stereocenters. The van der Waals surface area contributed by atoms with Crippen LogP contribution in [0.1, 0.15) is 24.1 Å². The van der Waals surface area contributed by atoms with E-state index in [0.29, 0.717) is 16.5 Å². The molecule has 29 heavy (non-hydrogen) atoms. The van der Waals surface area contributed by atoms with Gasteiger partial charge in [0, 0.05) is 5.02 Å². The Morgan fingerprint density at radius 3 is 2.48 bits per heavy atom. The summed E-state index contributed by atoms with van der Waals surface area (Å²) >= 11 is 6.04. The van der Waals surface area contributed by atoms with Crippen LogP contribution in [0.25, 0.3) is 0 Å². The van der Waals surface area contributed by atoms with E-state index >= 15 is 0 Å². The number of hydrogen-bond acceptors (Lipinski definition) is 5. The molecule has 3 rings (SSSR count). The quantitative estimate of drug-likeness (QED) is 0.493. The van der Waals surface area contributed by atoms with Crippen molar-refractivity contribution in [1.82, 2.24) is 4.98 Å². The maximum absolute atomic E-state index is 11.6. The second-order valence-corrected chi connectivity index (χ2v) is 6.85. The summed E-state index contributed by atoms with van der Waals surface area (Å²) in [6, 6.07) is 21.3. The minimum absolute atomic E-state index is 0.0366. The highest BCUT2D eigenvalue weighted by atomic mass is 35.5. The van der Waals surface area contributed by atoms with Crippen LogP contribution in [0.4, 0.5) is 22.1 Å². The van der Waals surface area contributed by atoms with Crippen molar-refractivity contribution >= 4 is 35.0 Å². The standard InChI is InChI=1S/C22H23ClN4O2/c1-2-29-22(28)26-18-12-13-20(27-21(18)24)25-19(14-15-6-4-3-5-7-15)16-8-10-17(23)11-9-16/h3-13,19H,2,14H2,1H3,(H,26,28)(H3,24,25,27). The van der Waals surface area contributed by atoms with E-state index in [0.717, 1.165) is 12.0 Å². The molecule has 4 N–H and O–H groups in total. The molecule has 1 atom stereocenters. The van der Waals surface area contributed by atoms with Crippen LogP contribution >= 0.6 is 11.6 Å². The topological polar surface area (TPSA) is 89.3 Å². The maximum atomic E-state index is 11.6. The molecule has 1 heterocycles. The van der Waals surface area contributed by atoms with Crippen molar-refractivity contribution in [3.63, 3.8) is 0 Å². The lowest BCUT2D eigenvalue weighted by Gasteiger charge is -2.21. The van der Waals surface area contributed by atoms with Gasteiger partial charge in [0.25, 0.3) is 0 Å². The molecule has 0 aliphatic heterocycles. The molecule has 2 aromatic carbocycles. The third kappa shape index (κ3) is 5.86. The zero-order valence-electron chi connectivity index (χ0n) is 16.1. The van der Waals surface area contributed by atoms with Crippen LogP contribution in [0.5, 0.6) is 0 Å². The van der Waals surface area contributed by atoms with E-state index in [9.17, 15) is 4.79 Å². The summed E-state index contributed by atoms with van der Waals surface area (Å²) in [5, 5.41) is 6.69. The molecular weight excluding hydrogens is 388 g/mol. The smallest absolute Gasteiger partial charge is 0.411 e. The first-order chi connectivity index (χ1) is 14.0. The number of nitrogens with one attached hydrogen (secondary N) is 2. The Bertz CT molecular complexity index is 949. The molecule has 1 aromatic heterocycles. The van der Waals surface area contributed by atoms with E-state index in [4.69, 9.17) is 22.1 Å². The van der Waals surface area contributed by atoms with Gasteiger partial charge in [-0.3, -0.25) is 5.32 Å². The molecule has 0 aliphatic carbocycles. The van der Waals surface area contributed by atoms with Gasteiger partial charge in [-0.25, -0.2) is 9.78 Å². The second kappa shape index (κ2) is 9.80. The SMILES string of the molecule is CCOC(=O)Nc1ccc(NC(Cc2ccccc2)c2ccc(Cl)cc2)nc1N. The number of carbonyl (C=O) groups excluding carboxylic acids is 1. The highest BCUT2D eigenvalue weighted by Crippen LogP contribution is 2.26. The molecule has 0 radical (unpaired) electrons. The summed E-state index contributed by atoms with van der Waals surface area (Å²) in [5.74, 6) is 0.811. The predicted octanol–water partition coefficient (Wildman–Crippen LogP) is 5.28. The first kappa shape index (κ1) is 20.5. The molecule has 6 nitrogen and oxygen atoms in total. The number of hydrogen-bond donors (Lipinski definition) is 3. The molecule has 0 bridgehead atoms. The highest BCUT2D eigenvalue weighted by Gasteiger charge is 2.15. The molecule has 0 saturated heterocycles. The summed E-state index contributed by atoms with van der Waals surface area (Å²) in [4.78, 5) is 16.0. The van der Waals surface area contributed by atoms with Crippen molar-refractivity contribution in [1.29, 1.82) is 0 Å². The van der Waals surface area contributed by atoms with Gasteiger partial charge in [-0.05, 0) is 48.7 Å². The van der Waals surface area contributed by atoms with Crippen molar-refractivity contribution in [3.8, 4) is 0 Å². The minimum atomic E-state index is -0.565. The van der Waals surface area contributed by atoms with Crippen LogP contribution in [0.15, 0.2) is 66.7 Å². The Kier molecular flexibility index (Phi) is 6.92. The highest BCUT2D eigenvalue weighted by molar-refractivity contribution is 6.30. The Hall–Kier alpha value is -3.25. The number of nitrogen functional groups attached to an aromatic ring is 1. The fourth-order valence-electron chi connectivity index (χ4n) is 2.91. The third-order valence-electron chi connectivity index (χ3n) is 4.31. The third-order valence-corrected chi connectivity index (χ3v) is 4.57. The number of halogens is 1. The van der Waals surface area contributed by atoms with Crippen LogP contribution in [-0.4, -0.2) is 17.7 Å². The van der Waals surface area contributed by atoms with E-state index in [1.54, 1.807) is 19.1 Å². The molecule has 0 aliphatic rings. The van der Waals surface area contributed by atoms with Gasteiger partial charge in [0.15, 0.2) is 0 Å². The number of carbonyl (C=O) groups is 1. The Morgan fingerprint density at radius 1 is 1.10 bits per heavy atom. The molecule has 1 amide bonds. The number of amides is 1. The van der Waals surface area contributed by atoms with Crippen LogP contribution < -0.4 is 16.4 Å². The Labute approximate surface area is 175 Å². The molecule has 0 saturated carbocycles. The van der Waals surface area contributed by atoms with E-state index in [1.165, 1.54) is 5.56 Å². The summed E-state index contributed by atoms with van der Waals surface area (Å²) in [6.07, 6.45) is 0.192. The monoisotopic (exact) mass is 410 g/mol. The molecule has 150 valence electrons. The average Bonchev–Trinajstić information content (AvgIpc) is 2.71. The lowest BCUT2D eigenvalue weighted by molar-refractivity contribution is 0.168. The number of ether oxygens (including phenoxy) is 1. The number of nitrogens with zero attached hydrogens (tertiary/aromatic N) is 1. The number of benzene rings is 2. The van der Waals surface area contributed by atoms with Crippen LogP contribution in [0, 0.1) is 0 Å². The van der Waals surface area contributed by atoms with Gasteiger partial charge in [-0.1, -0.05) is 54.1 Å². The first-order valence-corrected chi connectivity index (χ1v) is 9.69. The van der Waals surface area contributed by atoms with E-state index in [2.05, 4.69) is 27.8 Å². The zero-order valence-corrected chi connectivity index (χ0v) is 16.8. The van der Waals surface area contributed by atoms with Gasteiger partial charge in [0.1, 0.15) is 11.6 Å². The van der Waals surface area contributed by atoms with Crippen molar-refractivity contribution in [2.75, 3.05) is 23.0 Å². The summed E-state index contributed by atoms with van der Waals surface area (Å²) in [5.41, 5.74) is 8.68. The van der Waals surface area contributed by atoms with Gasteiger partial charge in [-0.2, -0.15) is 0 Å². The van der Waals surface area contributed by atoms with E-state index in [-0.39, 0.29) is 18.5 Å². The van der Waals surface area contributed by atoms with Gasteiger partial charge in [-0.15, -0.1) is 0 Å². The largest absolute Gasteiger partial charge is 0.450 e.